The summed E-state index contributed by atoms with van der Waals surface area (Å²) in [5.41, 5.74) is 2.45. The number of sulfonamides is 1. The fourth-order valence-electron chi connectivity index (χ4n) is 4.37. The second-order valence-corrected chi connectivity index (χ2v) is 13.3. The first-order valence-corrected chi connectivity index (χ1v) is 13.6. The van der Waals surface area contributed by atoms with Crippen molar-refractivity contribution in [3.05, 3.63) is 52.6 Å². The van der Waals surface area contributed by atoms with Crippen LogP contribution in [-0.4, -0.2) is 33.0 Å². The molecule has 9 heteroatoms. The number of aromatic nitrogens is 1. The van der Waals surface area contributed by atoms with Crippen molar-refractivity contribution in [2.45, 2.75) is 77.7 Å². The molecule has 3 rings (SSSR count). The molecule has 0 bridgehead atoms. The lowest BCUT2D eigenvalue weighted by Gasteiger charge is -2.42. The molecule has 0 radical (unpaired) electrons. The molecule has 1 aliphatic rings. The van der Waals surface area contributed by atoms with Crippen molar-refractivity contribution in [1.82, 2.24) is 9.71 Å². The van der Waals surface area contributed by atoms with Gasteiger partial charge in [-0.1, -0.05) is 52.3 Å². The number of anilines is 2. The summed E-state index contributed by atoms with van der Waals surface area (Å²) >= 11 is 0. The Kier molecular flexibility index (Phi) is 7.91. The number of hydrogen-bond donors (Lipinski definition) is 2. The predicted octanol–water partition coefficient (Wildman–Crippen LogP) is 5.61. The molecule has 2 unspecified atom stereocenters. The van der Waals surface area contributed by atoms with Crippen LogP contribution in [0.3, 0.4) is 0 Å². The van der Waals surface area contributed by atoms with E-state index in [0.29, 0.717) is 18.8 Å². The zero-order valence-corrected chi connectivity index (χ0v) is 22.7. The molecule has 0 spiro atoms. The second kappa shape index (κ2) is 10.2. The molecule has 2 aromatic rings. The Morgan fingerprint density at radius 1 is 1.14 bits per heavy atom. The first kappa shape index (κ1) is 27.1. The van der Waals surface area contributed by atoms with Gasteiger partial charge >= 0.3 is 0 Å². The van der Waals surface area contributed by atoms with Gasteiger partial charge in [0.05, 0.1) is 15.9 Å². The van der Waals surface area contributed by atoms with E-state index in [2.05, 4.69) is 49.9 Å². The molecular formula is C26H39N5O3S. The van der Waals surface area contributed by atoms with Gasteiger partial charge in [0.25, 0.3) is 0 Å². The Morgan fingerprint density at radius 3 is 2.40 bits per heavy atom. The number of nitrogens with zero attached hydrogens (tertiary/aromatic N) is 3. The third-order valence-corrected chi connectivity index (χ3v) is 8.27. The Morgan fingerprint density at radius 2 is 1.80 bits per heavy atom. The summed E-state index contributed by atoms with van der Waals surface area (Å²) in [5.74, 6) is 0.535. The molecular weight excluding hydrogens is 462 g/mol. The third-order valence-electron chi connectivity index (χ3n) is 6.78. The summed E-state index contributed by atoms with van der Waals surface area (Å²) in [6.45, 7) is 13.2. The van der Waals surface area contributed by atoms with Gasteiger partial charge in [0.15, 0.2) is 5.82 Å². The average Bonchev–Trinajstić information content (AvgIpc) is 2.78. The third kappa shape index (κ3) is 6.79. The van der Waals surface area contributed by atoms with Crippen molar-refractivity contribution in [2.24, 2.45) is 16.1 Å². The summed E-state index contributed by atoms with van der Waals surface area (Å²) < 4.78 is 29.2. The lowest BCUT2D eigenvalue weighted by molar-refractivity contribution is 0.170. The van der Waals surface area contributed by atoms with Crippen LogP contribution in [0.5, 0.6) is 0 Å². The molecule has 192 valence electrons. The highest BCUT2D eigenvalue weighted by Crippen LogP contribution is 2.43. The fourth-order valence-corrected chi connectivity index (χ4v) is 5.79. The predicted molar refractivity (Wildman–Crippen MR) is 142 cm³/mol. The van der Waals surface area contributed by atoms with Gasteiger partial charge in [-0.25, -0.2) is 23.1 Å². The van der Waals surface area contributed by atoms with Crippen molar-refractivity contribution in [3.63, 3.8) is 0 Å². The molecule has 1 aromatic carbocycles. The largest absolute Gasteiger partial charge is 0.381 e. The van der Waals surface area contributed by atoms with Gasteiger partial charge in [0.1, 0.15) is 0 Å². The number of aryl methyl sites for hydroxylation is 1. The van der Waals surface area contributed by atoms with Crippen molar-refractivity contribution >= 4 is 21.5 Å². The van der Waals surface area contributed by atoms with Crippen molar-refractivity contribution in [3.8, 4) is 0 Å². The van der Waals surface area contributed by atoms with Gasteiger partial charge in [-0.2, -0.15) is 0 Å². The summed E-state index contributed by atoms with van der Waals surface area (Å²) in [7, 11) is -2.06. The van der Waals surface area contributed by atoms with Crippen molar-refractivity contribution in [2.75, 3.05) is 23.9 Å². The van der Waals surface area contributed by atoms with Gasteiger partial charge in [0.2, 0.25) is 10.0 Å². The number of benzene rings is 1. The van der Waals surface area contributed by atoms with Crippen LogP contribution in [0.1, 0.15) is 71.1 Å². The smallest absolute Gasteiger partial charge is 0.240 e. The molecule has 8 nitrogen and oxygen atoms in total. The number of nitrogens with one attached hydrogen (secondary N) is 2. The Balaban J connectivity index is 1.86. The maximum Gasteiger partial charge on any atom is 0.240 e. The molecule has 2 atom stereocenters. The van der Waals surface area contributed by atoms with Crippen LogP contribution in [0, 0.1) is 22.7 Å². The second-order valence-electron chi connectivity index (χ2n) is 11.6. The Bertz CT molecular complexity index is 1140. The fraction of sp³-hybridized carbons (Fsp3) is 0.577. The Labute approximate surface area is 209 Å². The monoisotopic (exact) mass is 501 g/mol. The van der Waals surface area contributed by atoms with E-state index in [0.717, 1.165) is 29.8 Å². The van der Waals surface area contributed by atoms with Gasteiger partial charge in [-0.3, -0.25) is 0 Å². The van der Waals surface area contributed by atoms with E-state index in [1.165, 1.54) is 5.01 Å². The average molecular weight is 502 g/mol. The molecule has 1 heterocycles. The maximum absolute atomic E-state index is 13.1. The van der Waals surface area contributed by atoms with E-state index < -0.39 is 10.0 Å². The number of rotatable bonds is 8. The summed E-state index contributed by atoms with van der Waals surface area (Å²) in [6.07, 6.45) is 2.36. The van der Waals surface area contributed by atoms with Gasteiger partial charge in [-0.05, 0) is 61.3 Å². The molecule has 1 aliphatic carbocycles. The lowest BCUT2D eigenvalue weighted by Crippen LogP contribution is -2.48. The van der Waals surface area contributed by atoms with Crippen LogP contribution in [0.15, 0.2) is 46.6 Å². The standard InChI is InChI=1S/C26H39N5O3S/c1-18-8-10-20(11-9-18)35(33,34)29-23-16-19(14-15-26(23,5)6)21-12-13-22(27-17-25(2,3)4)24(28-21)31(7)30-32/h8-13,19,23,27,29H,14-17H2,1-7H3. The van der Waals surface area contributed by atoms with Crippen LogP contribution < -0.4 is 15.0 Å². The van der Waals surface area contributed by atoms with E-state index >= 15 is 0 Å². The van der Waals surface area contributed by atoms with E-state index in [1.807, 2.05) is 31.2 Å². The minimum atomic E-state index is -3.65. The van der Waals surface area contributed by atoms with Crippen LogP contribution in [0.4, 0.5) is 11.5 Å². The van der Waals surface area contributed by atoms with Crippen LogP contribution in [0.2, 0.25) is 0 Å². The first-order chi connectivity index (χ1) is 16.2. The lowest BCUT2D eigenvalue weighted by atomic mass is 9.69. The number of pyridine rings is 1. The first-order valence-electron chi connectivity index (χ1n) is 12.1. The minimum absolute atomic E-state index is 0.0555. The molecule has 1 aromatic heterocycles. The normalized spacial score (nSPS) is 20.3. The highest BCUT2D eigenvalue weighted by Gasteiger charge is 2.40. The SMILES string of the molecule is Cc1ccc(S(=O)(=O)NC2CC(c3ccc(NCC(C)(C)C)c(N(C)N=O)n3)CCC2(C)C)cc1. The van der Waals surface area contributed by atoms with Crippen LogP contribution >= 0.6 is 0 Å². The van der Waals surface area contributed by atoms with Crippen molar-refractivity contribution in [1.29, 1.82) is 0 Å². The van der Waals surface area contributed by atoms with Crippen LogP contribution in [0.25, 0.3) is 0 Å². The quantitative estimate of drug-likeness (QED) is 0.360. The van der Waals surface area contributed by atoms with Crippen LogP contribution in [-0.2, 0) is 10.0 Å². The van der Waals surface area contributed by atoms with E-state index in [9.17, 15) is 13.3 Å². The highest BCUT2D eigenvalue weighted by molar-refractivity contribution is 7.89. The molecule has 1 saturated carbocycles. The van der Waals surface area contributed by atoms with E-state index in [1.54, 1.807) is 19.2 Å². The highest BCUT2D eigenvalue weighted by atomic mass is 32.2. The van der Waals surface area contributed by atoms with Gasteiger partial charge < -0.3 is 5.32 Å². The molecule has 0 aliphatic heterocycles. The zero-order chi connectivity index (χ0) is 26.0. The Hall–Kier alpha value is -2.52. The van der Waals surface area contributed by atoms with Crippen molar-refractivity contribution < 1.29 is 8.42 Å². The van der Waals surface area contributed by atoms with E-state index in [4.69, 9.17) is 4.98 Å². The molecule has 1 fully saturated rings. The molecule has 35 heavy (non-hydrogen) atoms. The summed E-state index contributed by atoms with van der Waals surface area (Å²) in [5, 5.41) is 7.68. The topological polar surface area (TPSA) is 104 Å². The molecule has 2 N–H and O–H groups in total. The number of nitroso groups, excluding NO2 is 1. The summed E-state index contributed by atoms with van der Waals surface area (Å²) in [4.78, 5) is 16.4. The van der Waals surface area contributed by atoms with Gasteiger partial charge in [0, 0.05) is 31.2 Å². The zero-order valence-electron chi connectivity index (χ0n) is 21.9. The van der Waals surface area contributed by atoms with E-state index in [-0.39, 0.29) is 27.7 Å². The summed E-state index contributed by atoms with van der Waals surface area (Å²) in [6, 6.07) is 10.6. The molecule has 0 saturated heterocycles. The number of hydrogen-bond acceptors (Lipinski definition) is 6. The minimum Gasteiger partial charge on any atom is -0.381 e. The maximum atomic E-state index is 13.1. The molecule has 0 amide bonds. The van der Waals surface area contributed by atoms with Gasteiger partial charge in [-0.15, -0.1) is 4.91 Å².